The highest BCUT2D eigenvalue weighted by Gasteiger charge is 2.20. The summed E-state index contributed by atoms with van der Waals surface area (Å²) in [4.78, 5) is 21.8. The van der Waals surface area contributed by atoms with Crippen molar-refractivity contribution in [3.05, 3.63) is 73.2 Å². The molecule has 10 nitrogen and oxygen atoms in total. The van der Waals surface area contributed by atoms with E-state index in [-0.39, 0.29) is 4.90 Å². The van der Waals surface area contributed by atoms with E-state index >= 15 is 0 Å². The Morgan fingerprint density at radius 1 is 0.912 bits per heavy atom. The van der Waals surface area contributed by atoms with Gasteiger partial charge < -0.3 is 14.2 Å². The SMILES string of the molecule is Cc1nc(-c2ccc(S(=O)(=O)Nc3cnc(N4CCN(c5ccccn5)CC4)nc3)cc2)co1. The lowest BCUT2D eigenvalue weighted by atomic mass is 10.2. The summed E-state index contributed by atoms with van der Waals surface area (Å²) in [6.07, 6.45) is 6.29. The molecule has 0 spiro atoms. The zero-order chi connectivity index (χ0) is 23.5. The number of nitrogens with zero attached hydrogens (tertiary/aromatic N) is 6. The number of anilines is 3. The molecule has 1 aromatic carbocycles. The molecule has 3 aromatic heterocycles. The fourth-order valence-electron chi connectivity index (χ4n) is 3.73. The van der Waals surface area contributed by atoms with Gasteiger partial charge in [-0.05, 0) is 24.3 Å². The van der Waals surface area contributed by atoms with Crippen LogP contribution in [0.25, 0.3) is 11.3 Å². The minimum atomic E-state index is -3.78. The van der Waals surface area contributed by atoms with Gasteiger partial charge in [0.15, 0.2) is 5.89 Å². The summed E-state index contributed by atoms with van der Waals surface area (Å²) in [5, 5.41) is 0. The van der Waals surface area contributed by atoms with Gasteiger partial charge in [0, 0.05) is 44.9 Å². The lowest BCUT2D eigenvalue weighted by Crippen LogP contribution is -2.47. The van der Waals surface area contributed by atoms with E-state index < -0.39 is 10.0 Å². The van der Waals surface area contributed by atoms with Crippen molar-refractivity contribution in [3.63, 3.8) is 0 Å². The molecule has 1 fully saturated rings. The predicted octanol–water partition coefficient (Wildman–Crippen LogP) is 2.96. The maximum Gasteiger partial charge on any atom is 0.261 e. The zero-order valence-electron chi connectivity index (χ0n) is 18.5. The van der Waals surface area contributed by atoms with E-state index in [4.69, 9.17) is 4.42 Å². The predicted molar refractivity (Wildman–Crippen MR) is 128 cm³/mol. The summed E-state index contributed by atoms with van der Waals surface area (Å²) in [5.74, 6) is 2.07. The molecular formula is C23H23N7O3S. The highest BCUT2D eigenvalue weighted by atomic mass is 32.2. The quantitative estimate of drug-likeness (QED) is 0.447. The van der Waals surface area contributed by atoms with Gasteiger partial charge in [-0.1, -0.05) is 18.2 Å². The molecule has 0 aliphatic carbocycles. The summed E-state index contributed by atoms with van der Waals surface area (Å²) in [6.45, 7) is 4.86. The van der Waals surface area contributed by atoms with Crippen molar-refractivity contribution >= 4 is 27.5 Å². The molecule has 0 unspecified atom stereocenters. The maximum atomic E-state index is 12.8. The minimum absolute atomic E-state index is 0.131. The number of benzene rings is 1. The number of aromatic nitrogens is 4. The first-order chi connectivity index (χ1) is 16.5. The molecule has 1 N–H and O–H groups in total. The van der Waals surface area contributed by atoms with Crippen LogP contribution in [0.4, 0.5) is 17.5 Å². The Bertz CT molecular complexity index is 1350. The van der Waals surface area contributed by atoms with Gasteiger partial charge in [-0.25, -0.2) is 28.4 Å². The van der Waals surface area contributed by atoms with Crippen LogP contribution in [0.2, 0.25) is 0 Å². The number of pyridine rings is 1. The summed E-state index contributed by atoms with van der Waals surface area (Å²) in [6, 6.07) is 12.3. The van der Waals surface area contributed by atoms with Crippen molar-refractivity contribution < 1.29 is 12.8 Å². The van der Waals surface area contributed by atoms with Crippen LogP contribution in [0.1, 0.15) is 5.89 Å². The normalized spacial score (nSPS) is 14.3. The summed E-state index contributed by atoms with van der Waals surface area (Å²) in [5.41, 5.74) is 1.72. The zero-order valence-corrected chi connectivity index (χ0v) is 19.3. The van der Waals surface area contributed by atoms with E-state index in [0.29, 0.717) is 23.2 Å². The highest BCUT2D eigenvalue weighted by Crippen LogP contribution is 2.23. The summed E-state index contributed by atoms with van der Waals surface area (Å²) >= 11 is 0. The Balaban J connectivity index is 1.22. The standard InChI is InChI=1S/C23H23N7O3S/c1-17-27-21(16-33-17)18-5-7-20(8-6-18)34(31,32)28-19-14-25-23(26-15-19)30-12-10-29(11-13-30)22-4-2-3-9-24-22/h2-9,14-16,28H,10-13H2,1H3. The van der Waals surface area contributed by atoms with E-state index in [1.807, 2.05) is 18.2 Å². The molecule has 0 saturated carbocycles. The van der Waals surface area contributed by atoms with Gasteiger partial charge in [-0.2, -0.15) is 0 Å². The average molecular weight is 478 g/mol. The molecule has 11 heteroatoms. The highest BCUT2D eigenvalue weighted by molar-refractivity contribution is 7.92. The summed E-state index contributed by atoms with van der Waals surface area (Å²) in [7, 11) is -3.78. The van der Waals surface area contributed by atoms with Gasteiger partial charge in [-0.15, -0.1) is 0 Å². The van der Waals surface area contributed by atoms with Crippen molar-refractivity contribution in [2.24, 2.45) is 0 Å². The topological polar surface area (TPSA) is 117 Å². The van der Waals surface area contributed by atoms with Gasteiger partial charge in [0.05, 0.1) is 23.0 Å². The van der Waals surface area contributed by atoms with Crippen LogP contribution in [-0.2, 0) is 10.0 Å². The second-order valence-corrected chi connectivity index (χ2v) is 9.50. The fourth-order valence-corrected chi connectivity index (χ4v) is 4.76. The molecule has 1 aliphatic heterocycles. The number of sulfonamides is 1. The van der Waals surface area contributed by atoms with Crippen LogP contribution in [0.3, 0.4) is 0 Å². The number of hydrogen-bond acceptors (Lipinski definition) is 9. The van der Waals surface area contributed by atoms with E-state index in [9.17, 15) is 8.42 Å². The van der Waals surface area contributed by atoms with Crippen LogP contribution < -0.4 is 14.5 Å². The molecule has 1 aliphatic rings. The number of piperazine rings is 1. The number of nitrogens with one attached hydrogen (secondary N) is 1. The first-order valence-corrected chi connectivity index (χ1v) is 12.2. The lowest BCUT2D eigenvalue weighted by molar-refractivity contribution is 0.521. The van der Waals surface area contributed by atoms with E-state index in [0.717, 1.165) is 37.6 Å². The lowest BCUT2D eigenvalue weighted by Gasteiger charge is -2.35. The molecule has 5 rings (SSSR count). The Kier molecular flexibility index (Phi) is 5.84. The molecule has 4 heterocycles. The first kappa shape index (κ1) is 21.8. The van der Waals surface area contributed by atoms with Gasteiger partial charge >= 0.3 is 0 Å². The maximum absolute atomic E-state index is 12.8. The molecule has 0 amide bonds. The van der Waals surface area contributed by atoms with Gasteiger partial charge in [0.1, 0.15) is 17.8 Å². The molecule has 0 bridgehead atoms. The largest absolute Gasteiger partial charge is 0.449 e. The Hall–Kier alpha value is -3.99. The van der Waals surface area contributed by atoms with Crippen molar-refractivity contribution in [1.82, 2.24) is 19.9 Å². The number of rotatable bonds is 6. The number of aryl methyl sites for hydroxylation is 1. The summed E-state index contributed by atoms with van der Waals surface area (Å²) < 4.78 is 33.3. The smallest absolute Gasteiger partial charge is 0.261 e. The number of oxazole rings is 1. The van der Waals surface area contributed by atoms with Crippen molar-refractivity contribution in [3.8, 4) is 11.3 Å². The molecule has 174 valence electrons. The average Bonchev–Trinajstić information content (AvgIpc) is 3.31. The Morgan fingerprint density at radius 2 is 1.62 bits per heavy atom. The Morgan fingerprint density at radius 3 is 2.24 bits per heavy atom. The van der Waals surface area contributed by atoms with Crippen LogP contribution in [0.5, 0.6) is 0 Å². The van der Waals surface area contributed by atoms with Gasteiger partial charge in [-0.3, -0.25) is 4.72 Å². The molecule has 34 heavy (non-hydrogen) atoms. The molecule has 0 atom stereocenters. The molecule has 1 saturated heterocycles. The van der Waals surface area contributed by atoms with Crippen molar-refractivity contribution in [2.75, 3.05) is 40.7 Å². The van der Waals surface area contributed by atoms with Crippen LogP contribution >= 0.6 is 0 Å². The molecule has 0 radical (unpaired) electrons. The Labute approximate surface area is 197 Å². The van der Waals surface area contributed by atoms with E-state index in [1.54, 1.807) is 25.3 Å². The van der Waals surface area contributed by atoms with Crippen LogP contribution in [0.15, 0.2) is 76.6 Å². The van der Waals surface area contributed by atoms with Gasteiger partial charge in [0.25, 0.3) is 10.0 Å². The van der Waals surface area contributed by atoms with Crippen LogP contribution in [0, 0.1) is 6.92 Å². The fraction of sp³-hybridized carbons (Fsp3) is 0.217. The van der Waals surface area contributed by atoms with Gasteiger partial charge in [0.2, 0.25) is 5.95 Å². The van der Waals surface area contributed by atoms with Crippen molar-refractivity contribution in [2.45, 2.75) is 11.8 Å². The number of hydrogen-bond donors (Lipinski definition) is 1. The third-order valence-electron chi connectivity index (χ3n) is 5.51. The third-order valence-corrected chi connectivity index (χ3v) is 6.90. The first-order valence-electron chi connectivity index (χ1n) is 10.8. The van der Waals surface area contributed by atoms with Crippen molar-refractivity contribution in [1.29, 1.82) is 0 Å². The second kappa shape index (κ2) is 9.10. The van der Waals surface area contributed by atoms with E-state index in [2.05, 4.69) is 34.5 Å². The monoisotopic (exact) mass is 477 g/mol. The third kappa shape index (κ3) is 4.69. The van der Waals surface area contributed by atoms with E-state index in [1.165, 1.54) is 30.8 Å². The molecular weight excluding hydrogens is 454 g/mol. The van der Waals surface area contributed by atoms with Crippen LogP contribution in [-0.4, -0.2) is 54.5 Å². The minimum Gasteiger partial charge on any atom is -0.449 e. The molecule has 4 aromatic rings. The second-order valence-electron chi connectivity index (χ2n) is 7.82.